The van der Waals surface area contributed by atoms with E-state index < -0.39 is 0 Å². The second-order valence-corrected chi connectivity index (χ2v) is 9.33. The molecule has 4 heterocycles. The first-order valence-corrected chi connectivity index (χ1v) is 11.4. The second kappa shape index (κ2) is 8.19. The number of amides is 1. The lowest BCUT2D eigenvalue weighted by atomic mass is 10.0. The predicted octanol–water partition coefficient (Wildman–Crippen LogP) is 1.48. The molecule has 1 aromatic carbocycles. The lowest BCUT2D eigenvalue weighted by Gasteiger charge is -2.28. The number of aromatic nitrogens is 2. The van der Waals surface area contributed by atoms with Crippen molar-refractivity contribution in [2.24, 2.45) is 5.73 Å². The van der Waals surface area contributed by atoms with Gasteiger partial charge in [-0.1, -0.05) is 6.07 Å². The molecule has 1 amide bonds. The van der Waals surface area contributed by atoms with Crippen LogP contribution in [0.4, 0.5) is 11.4 Å². The smallest absolute Gasteiger partial charge is 0.263 e. The number of nitrogen functional groups attached to an aromatic ring is 1. The fourth-order valence-corrected chi connectivity index (χ4v) is 5.30. The summed E-state index contributed by atoms with van der Waals surface area (Å²) in [5.41, 5.74) is 16.2. The number of hydrogen-bond acceptors (Lipinski definition) is 9. The van der Waals surface area contributed by atoms with Gasteiger partial charge in [-0.15, -0.1) is 11.3 Å². The molecule has 10 heteroatoms. The molecule has 2 aliphatic rings. The van der Waals surface area contributed by atoms with Gasteiger partial charge in [0.15, 0.2) is 0 Å². The van der Waals surface area contributed by atoms with Gasteiger partial charge in [-0.2, -0.15) is 0 Å². The Labute approximate surface area is 189 Å². The van der Waals surface area contributed by atoms with Gasteiger partial charge in [0.2, 0.25) is 0 Å². The van der Waals surface area contributed by atoms with Crippen LogP contribution >= 0.6 is 11.3 Å². The van der Waals surface area contributed by atoms with Gasteiger partial charge in [0, 0.05) is 38.1 Å². The lowest BCUT2D eigenvalue weighted by Crippen LogP contribution is -2.42. The first-order valence-electron chi connectivity index (χ1n) is 10.5. The maximum Gasteiger partial charge on any atom is 0.263 e. The topological polar surface area (TPSA) is 129 Å². The van der Waals surface area contributed by atoms with Gasteiger partial charge in [0.05, 0.1) is 29.6 Å². The molecular weight excluding hydrogens is 428 g/mol. The second-order valence-electron chi connectivity index (χ2n) is 8.33. The summed E-state index contributed by atoms with van der Waals surface area (Å²) in [6, 6.07) is 6.01. The molecule has 9 nitrogen and oxygen atoms in total. The third-order valence-corrected chi connectivity index (χ3v) is 7.12. The first kappa shape index (κ1) is 20.9. The van der Waals surface area contributed by atoms with E-state index in [1.807, 2.05) is 13.0 Å². The average Bonchev–Trinajstić information content (AvgIpc) is 3.32. The highest BCUT2D eigenvalue weighted by molar-refractivity contribution is 7.21. The minimum Gasteiger partial charge on any atom is -0.491 e. The normalized spacial score (nSPS) is 22.6. The molecule has 0 unspecified atom stereocenters. The van der Waals surface area contributed by atoms with Crippen LogP contribution in [0, 0.1) is 6.92 Å². The summed E-state index contributed by atoms with van der Waals surface area (Å²) in [6.07, 6.45) is 2.36. The molecule has 2 aliphatic heterocycles. The quantitative estimate of drug-likeness (QED) is 0.541. The van der Waals surface area contributed by atoms with Crippen LogP contribution in [0.2, 0.25) is 0 Å². The Morgan fingerprint density at radius 3 is 3.00 bits per heavy atom. The largest absolute Gasteiger partial charge is 0.491 e. The van der Waals surface area contributed by atoms with Crippen molar-refractivity contribution in [1.29, 1.82) is 0 Å². The molecule has 1 saturated heterocycles. The molecule has 1 fully saturated rings. The standard InChI is InChI=1S/C22H26N6O3S/c1-11-7-25-19-18(24)20(32-22(19)26-11)21(29)27-13-5-12-3-4-14(6-16(12)31-10-13)28-8-15(23)17(9-28)30-2/h3-4,6-7,13,15,17H,5,8-10,23-24H2,1-2H3,(H,27,29)/t13-,15+,17+/m1/s1. The van der Waals surface area contributed by atoms with E-state index in [4.69, 9.17) is 20.9 Å². The Bertz CT molecular complexity index is 1180. The number of methoxy groups -OCH3 is 1. The Kier molecular flexibility index (Phi) is 5.36. The summed E-state index contributed by atoms with van der Waals surface area (Å²) in [5.74, 6) is 0.614. The molecule has 0 spiro atoms. The number of aryl methyl sites for hydroxylation is 1. The third kappa shape index (κ3) is 3.74. The number of nitrogens with zero attached hydrogens (tertiary/aromatic N) is 3. The van der Waals surface area contributed by atoms with E-state index >= 15 is 0 Å². The van der Waals surface area contributed by atoms with Crippen molar-refractivity contribution in [3.05, 3.63) is 40.5 Å². The number of benzene rings is 1. The summed E-state index contributed by atoms with van der Waals surface area (Å²) in [4.78, 5) is 25.0. The third-order valence-electron chi connectivity index (χ3n) is 6.03. The lowest BCUT2D eigenvalue weighted by molar-refractivity contribution is 0.0920. The highest BCUT2D eigenvalue weighted by Gasteiger charge is 2.31. The zero-order valence-electron chi connectivity index (χ0n) is 18.0. The first-order chi connectivity index (χ1) is 15.4. The molecule has 168 valence electrons. The minimum atomic E-state index is -0.227. The van der Waals surface area contributed by atoms with Gasteiger partial charge in [0.25, 0.3) is 5.91 Å². The number of ether oxygens (including phenoxy) is 2. The van der Waals surface area contributed by atoms with E-state index in [0.29, 0.717) is 33.9 Å². The molecule has 0 aliphatic carbocycles. The van der Waals surface area contributed by atoms with Crippen LogP contribution in [0.1, 0.15) is 20.9 Å². The van der Waals surface area contributed by atoms with Gasteiger partial charge in [-0.05, 0) is 25.0 Å². The Morgan fingerprint density at radius 2 is 2.22 bits per heavy atom. The van der Waals surface area contributed by atoms with E-state index in [0.717, 1.165) is 35.8 Å². The SMILES string of the molecule is CO[C@H]1CN(c2ccc3c(c2)OC[C@H](NC(=O)c2sc4nc(C)cnc4c2N)C3)C[C@@H]1N. The monoisotopic (exact) mass is 454 g/mol. The van der Waals surface area contributed by atoms with Gasteiger partial charge in [0.1, 0.15) is 27.6 Å². The summed E-state index contributed by atoms with van der Waals surface area (Å²) in [7, 11) is 1.69. The Hall–Kier alpha value is -2.95. The fourth-order valence-electron chi connectivity index (χ4n) is 4.30. The zero-order chi connectivity index (χ0) is 22.4. The maximum absolute atomic E-state index is 12.9. The van der Waals surface area contributed by atoms with Crippen molar-refractivity contribution >= 4 is 39.0 Å². The van der Waals surface area contributed by atoms with Crippen LogP contribution in [-0.2, 0) is 11.2 Å². The Morgan fingerprint density at radius 1 is 1.38 bits per heavy atom. The van der Waals surface area contributed by atoms with E-state index in [1.165, 1.54) is 11.3 Å². The number of hydrogen-bond donors (Lipinski definition) is 3. The highest BCUT2D eigenvalue weighted by Crippen LogP contribution is 2.33. The molecule has 3 aromatic rings. The molecule has 5 N–H and O–H groups in total. The van der Waals surface area contributed by atoms with Gasteiger partial charge >= 0.3 is 0 Å². The van der Waals surface area contributed by atoms with E-state index in [9.17, 15) is 4.79 Å². The molecule has 5 rings (SSSR count). The predicted molar refractivity (Wildman–Crippen MR) is 124 cm³/mol. The van der Waals surface area contributed by atoms with Crippen molar-refractivity contribution in [3.8, 4) is 5.75 Å². The maximum atomic E-state index is 12.9. The number of rotatable bonds is 4. The molecule has 0 bridgehead atoms. The summed E-state index contributed by atoms with van der Waals surface area (Å²) >= 11 is 1.26. The fraction of sp³-hybridized carbons (Fsp3) is 0.409. The molecule has 0 saturated carbocycles. The number of carbonyl (C=O) groups excluding carboxylic acids is 1. The molecule has 0 radical (unpaired) electrons. The number of fused-ring (bicyclic) bond motifs is 2. The summed E-state index contributed by atoms with van der Waals surface area (Å²) < 4.78 is 11.5. The zero-order valence-corrected chi connectivity index (χ0v) is 18.8. The van der Waals surface area contributed by atoms with Crippen molar-refractivity contribution in [1.82, 2.24) is 15.3 Å². The van der Waals surface area contributed by atoms with Gasteiger partial charge < -0.3 is 31.2 Å². The van der Waals surface area contributed by atoms with Crippen molar-refractivity contribution in [3.63, 3.8) is 0 Å². The number of thiophene rings is 1. The molecule has 32 heavy (non-hydrogen) atoms. The number of nitrogens with two attached hydrogens (primary N) is 2. The van der Waals surface area contributed by atoms with E-state index in [2.05, 4.69) is 32.3 Å². The van der Waals surface area contributed by atoms with Crippen LogP contribution in [0.5, 0.6) is 5.75 Å². The summed E-state index contributed by atoms with van der Waals surface area (Å²) in [5, 5.41) is 3.05. The highest BCUT2D eigenvalue weighted by atomic mass is 32.1. The van der Waals surface area contributed by atoms with Crippen LogP contribution in [-0.4, -0.2) is 60.9 Å². The van der Waals surface area contributed by atoms with Crippen molar-refractivity contribution in [2.45, 2.75) is 31.5 Å². The van der Waals surface area contributed by atoms with Crippen molar-refractivity contribution in [2.75, 3.05) is 37.4 Å². The minimum absolute atomic E-state index is 0.00723. The van der Waals surface area contributed by atoms with Crippen LogP contribution in [0.25, 0.3) is 10.3 Å². The summed E-state index contributed by atoms with van der Waals surface area (Å²) in [6.45, 7) is 3.76. The molecular formula is C22H26N6O3S. The van der Waals surface area contributed by atoms with Crippen molar-refractivity contribution < 1.29 is 14.3 Å². The molecule has 2 aromatic heterocycles. The molecule has 3 atom stereocenters. The number of nitrogens with one attached hydrogen (secondary N) is 1. The number of anilines is 2. The van der Waals surface area contributed by atoms with Crippen LogP contribution in [0.15, 0.2) is 24.4 Å². The van der Waals surface area contributed by atoms with E-state index in [1.54, 1.807) is 13.3 Å². The van der Waals surface area contributed by atoms with Gasteiger partial charge in [-0.3, -0.25) is 4.79 Å². The van der Waals surface area contributed by atoms with Gasteiger partial charge in [-0.25, -0.2) is 9.97 Å². The number of carbonyl (C=O) groups is 1. The van der Waals surface area contributed by atoms with Crippen LogP contribution in [0.3, 0.4) is 0 Å². The van der Waals surface area contributed by atoms with Crippen LogP contribution < -0.4 is 26.4 Å². The van der Waals surface area contributed by atoms with E-state index in [-0.39, 0.29) is 24.1 Å². The average molecular weight is 455 g/mol. The Balaban J connectivity index is 1.28.